The second-order valence-corrected chi connectivity index (χ2v) is 3.50. The van der Waals surface area contributed by atoms with Gasteiger partial charge in [-0.05, 0) is 25.9 Å². The summed E-state index contributed by atoms with van der Waals surface area (Å²) in [5, 5.41) is 11.0. The molecule has 0 unspecified atom stereocenters. The van der Waals surface area contributed by atoms with Gasteiger partial charge in [0, 0.05) is 19.7 Å². The zero-order valence-electron chi connectivity index (χ0n) is 8.74. The van der Waals surface area contributed by atoms with Gasteiger partial charge in [0.05, 0.1) is 6.67 Å². The summed E-state index contributed by atoms with van der Waals surface area (Å²) in [6.45, 7) is 5.94. The first kappa shape index (κ1) is 11.1. The number of nitrogens with one attached hydrogen (secondary N) is 1. The largest absolute Gasteiger partial charge is 0.349 e. The Hall–Kier alpha value is -0.940. The van der Waals surface area contributed by atoms with Crippen LogP contribution in [0.25, 0.3) is 0 Å². The SMILES string of the molecule is C=N/N=C(/C1CCNCC1)N(C)CN. The fourth-order valence-corrected chi connectivity index (χ4v) is 1.72. The highest BCUT2D eigenvalue weighted by Gasteiger charge is 2.21. The van der Waals surface area contributed by atoms with Crippen LogP contribution in [-0.2, 0) is 0 Å². The van der Waals surface area contributed by atoms with Crippen LogP contribution < -0.4 is 11.1 Å². The predicted molar refractivity (Wildman–Crippen MR) is 59.4 cm³/mol. The molecule has 5 heteroatoms. The van der Waals surface area contributed by atoms with E-state index in [1.807, 2.05) is 11.9 Å². The van der Waals surface area contributed by atoms with Gasteiger partial charge in [-0.15, -0.1) is 5.10 Å². The van der Waals surface area contributed by atoms with Gasteiger partial charge in [-0.1, -0.05) is 0 Å². The van der Waals surface area contributed by atoms with Gasteiger partial charge in [0.25, 0.3) is 0 Å². The summed E-state index contributed by atoms with van der Waals surface area (Å²) in [4.78, 5) is 1.94. The van der Waals surface area contributed by atoms with Crippen LogP contribution in [0, 0.1) is 5.92 Å². The van der Waals surface area contributed by atoms with Crippen molar-refractivity contribution < 1.29 is 0 Å². The lowest BCUT2D eigenvalue weighted by atomic mass is 9.96. The third-order valence-corrected chi connectivity index (χ3v) is 2.54. The zero-order chi connectivity index (χ0) is 10.4. The second kappa shape index (κ2) is 5.72. The quantitative estimate of drug-likeness (QED) is 0.286. The summed E-state index contributed by atoms with van der Waals surface area (Å²) >= 11 is 0. The molecule has 0 aromatic carbocycles. The van der Waals surface area contributed by atoms with Crippen molar-refractivity contribution in [3.63, 3.8) is 0 Å². The summed E-state index contributed by atoms with van der Waals surface area (Å²) in [6, 6.07) is 0. The molecular formula is C9H19N5. The fraction of sp³-hybridized carbons (Fsp3) is 0.778. The average molecular weight is 197 g/mol. The Morgan fingerprint density at radius 3 is 2.71 bits per heavy atom. The van der Waals surface area contributed by atoms with Crippen LogP contribution in [0.3, 0.4) is 0 Å². The molecule has 1 heterocycles. The van der Waals surface area contributed by atoms with E-state index in [1.165, 1.54) is 0 Å². The minimum Gasteiger partial charge on any atom is -0.349 e. The first-order valence-corrected chi connectivity index (χ1v) is 4.95. The van der Waals surface area contributed by atoms with Crippen LogP contribution in [0.2, 0.25) is 0 Å². The molecule has 0 aromatic heterocycles. The van der Waals surface area contributed by atoms with Gasteiger partial charge < -0.3 is 16.0 Å². The van der Waals surface area contributed by atoms with E-state index in [1.54, 1.807) is 0 Å². The number of hydrogen-bond acceptors (Lipinski definition) is 4. The van der Waals surface area contributed by atoms with Gasteiger partial charge in [0.1, 0.15) is 5.84 Å². The summed E-state index contributed by atoms with van der Waals surface area (Å²) < 4.78 is 0. The molecule has 0 amide bonds. The normalized spacial score (nSPS) is 19.4. The van der Waals surface area contributed by atoms with Crippen LogP contribution in [0.15, 0.2) is 10.2 Å². The van der Waals surface area contributed by atoms with E-state index in [0.29, 0.717) is 12.6 Å². The molecule has 0 spiro atoms. The second-order valence-electron chi connectivity index (χ2n) is 3.50. The van der Waals surface area contributed by atoms with Gasteiger partial charge in [0.15, 0.2) is 0 Å². The van der Waals surface area contributed by atoms with Crippen LogP contribution in [-0.4, -0.2) is 44.3 Å². The highest BCUT2D eigenvalue weighted by Crippen LogP contribution is 2.15. The van der Waals surface area contributed by atoms with Crippen molar-refractivity contribution in [1.82, 2.24) is 10.2 Å². The summed E-state index contributed by atoms with van der Waals surface area (Å²) in [5.74, 6) is 1.43. The van der Waals surface area contributed by atoms with Crippen molar-refractivity contribution >= 4 is 12.6 Å². The lowest BCUT2D eigenvalue weighted by Gasteiger charge is -2.28. The molecule has 1 saturated heterocycles. The van der Waals surface area contributed by atoms with Gasteiger partial charge in [-0.3, -0.25) is 0 Å². The molecule has 5 nitrogen and oxygen atoms in total. The molecule has 0 saturated carbocycles. The molecule has 1 rings (SSSR count). The Bertz CT molecular complexity index is 207. The van der Waals surface area contributed by atoms with Crippen molar-refractivity contribution in [1.29, 1.82) is 0 Å². The molecular weight excluding hydrogens is 178 g/mol. The summed E-state index contributed by atoms with van der Waals surface area (Å²) in [6.07, 6.45) is 2.19. The maximum absolute atomic E-state index is 5.58. The minimum atomic E-state index is 0.468. The van der Waals surface area contributed by atoms with E-state index in [4.69, 9.17) is 5.73 Å². The van der Waals surface area contributed by atoms with Gasteiger partial charge in [0.2, 0.25) is 0 Å². The molecule has 0 atom stereocenters. The van der Waals surface area contributed by atoms with Crippen molar-refractivity contribution in [2.45, 2.75) is 12.8 Å². The summed E-state index contributed by atoms with van der Waals surface area (Å²) in [7, 11) is 1.94. The zero-order valence-corrected chi connectivity index (χ0v) is 8.74. The number of nitrogens with zero attached hydrogens (tertiary/aromatic N) is 3. The first-order valence-electron chi connectivity index (χ1n) is 4.95. The third-order valence-electron chi connectivity index (χ3n) is 2.54. The van der Waals surface area contributed by atoms with E-state index in [-0.39, 0.29) is 0 Å². The summed E-state index contributed by atoms with van der Waals surface area (Å²) in [5.41, 5.74) is 5.58. The van der Waals surface area contributed by atoms with Gasteiger partial charge in [-0.2, -0.15) is 5.10 Å². The van der Waals surface area contributed by atoms with Crippen molar-refractivity contribution in [3.8, 4) is 0 Å². The minimum absolute atomic E-state index is 0.468. The Labute approximate surface area is 85.1 Å². The maximum atomic E-state index is 5.58. The smallest absolute Gasteiger partial charge is 0.131 e. The Balaban J connectivity index is 2.65. The molecule has 0 aromatic rings. The van der Waals surface area contributed by atoms with E-state index in [2.05, 4.69) is 22.2 Å². The monoisotopic (exact) mass is 197 g/mol. The predicted octanol–water partition coefficient (Wildman–Crippen LogP) is -0.152. The van der Waals surface area contributed by atoms with Crippen molar-refractivity contribution in [2.75, 3.05) is 26.8 Å². The van der Waals surface area contributed by atoms with Crippen molar-refractivity contribution in [2.24, 2.45) is 21.9 Å². The molecule has 0 radical (unpaired) electrons. The fourth-order valence-electron chi connectivity index (χ4n) is 1.72. The van der Waals surface area contributed by atoms with E-state index in [9.17, 15) is 0 Å². The highest BCUT2D eigenvalue weighted by atomic mass is 15.3. The van der Waals surface area contributed by atoms with Crippen LogP contribution in [0.5, 0.6) is 0 Å². The van der Waals surface area contributed by atoms with Crippen LogP contribution >= 0.6 is 0 Å². The van der Waals surface area contributed by atoms with E-state index < -0.39 is 0 Å². The van der Waals surface area contributed by atoms with Gasteiger partial charge >= 0.3 is 0 Å². The number of hydrogen-bond donors (Lipinski definition) is 2. The molecule has 1 aliphatic rings. The molecule has 0 bridgehead atoms. The highest BCUT2D eigenvalue weighted by molar-refractivity contribution is 5.84. The molecule has 14 heavy (non-hydrogen) atoms. The number of amidine groups is 1. The molecule has 0 aliphatic carbocycles. The van der Waals surface area contributed by atoms with E-state index in [0.717, 1.165) is 31.8 Å². The number of piperidine rings is 1. The van der Waals surface area contributed by atoms with Crippen molar-refractivity contribution in [3.05, 3.63) is 0 Å². The Morgan fingerprint density at radius 2 is 2.21 bits per heavy atom. The van der Waals surface area contributed by atoms with Gasteiger partial charge in [-0.25, -0.2) is 0 Å². The lowest BCUT2D eigenvalue weighted by molar-refractivity contribution is 0.402. The number of nitrogens with two attached hydrogens (primary N) is 1. The topological polar surface area (TPSA) is 66.0 Å². The average Bonchev–Trinajstić information content (AvgIpc) is 2.26. The van der Waals surface area contributed by atoms with Crippen LogP contribution in [0.4, 0.5) is 0 Å². The molecule has 80 valence electrons. The number of rotatable bonds is 3. The third kappa shape index (κ3) is 2.78. The maximum Gasteiger partial charge on any atom is 0.131 e. The Morgan fingerprint density at radius 1 is 1.57 bits per heavy atom. The van der Waals surface area contributed by atoms with E-state index >= 15 is 0 Å². The standard InChI is InChI=1S/C9H19N5/c1-11-13-9(14(2)7-10)8-3-5-12-6-4-8/h8,12H,1,3-7,10H2,2H3/b13-9-. The Kier molecular flexibility index (Phi) is 4.55. The molecule has 1 fully saturated rings. The van der Waals surface area contributed by atoms with Crippen LogP contribution in [0.1, 0.15) is 12.8 Å². The molecule has 1 aliphatic heterocycles. The lowest BCUT2D eigenvalue weighted by Crippen LogP contribution is -2.41. The first-order chi connectivity index (χ1) is 6.79. The molecule has 3 N–H and O–H groups in total.